The highest BCUT2D eigenvalue weighted by Gasteiger charge is 2.32. The normalized spacial score (nSPS) is 28.1. The number of rotatable bonds is 7. The van der Waals surface area contributed by atoms with E-state index in [1.165, 1.54) is 44.9 Å². The van der Waals surface area contributed by atoms with E-state index in [4.69, 9.17) is 0 Å². The second-order valence-corrected chi connectivity index (χ2v) is 11.5. The molecule has 3 heteroatoms. The van der Waals surface area contributed by atoms with E-state index in [2.05, 4.69) is 12.7 Å². The fraction of sp³-hybridized carbons (Fsp3) is 0.471. The Morgan fingerprint density at radius 3 is 2.19 bits per heavy atom. The third-order valence-corrected chi connectivity index (χ3v) is 9.36. The number of allylic oxidation sites excluding steroid dienone is 5. The zero-order valence-electron chi connectivity index (χ0n) is 21.8. The maximum Gasteiger partial charge on any atom is 0.162 e. The van der Waals surface area contributed by atoms with Gasteiger partial charge in [-0.2, -0.15) is 0 Å². The van der Waals surface area contributed by atoms with Gasteiger partial charge in [0.1, 0.15) is 5.82 Å². The second-order valence-electron chi connectivity index (χ2n) is 11.5. The van der Waals surface area contributed by atoms with E-state index in [-0.39, 0.29) is 11.7 Å². The van der Waals surface area contributed by atoms with Gasteiger partial charge in [-0.05, 0) is 116 Å². The minimum atomic E-state index is -0.820. The van der Waals surface area contributed by atoms with Gasteiger partial charge >= 0.3 is 0 Å². The van der Waals surface area contributed by atoms with Crippen LogP contribution in [0.1, 0.15) is 99.2 Å². The van der Waals surface area contributed by atoms with Crippen LogP contribution in [0, 0.1) is 35.2 Å². The van der Waals surface area contributed by atoms with Crippen LogP contribution in [0.3, 0.4) is 0 Å². The Hall–Kier alpha value is -2.55. The molecule has 0 nitrogen and oxygen atoms in total. The first-order chi connectivity index (χ1) is 18.0. The topological polar surface area (TPSA) is 0 Å². The first-order valence-corrected chi connectivity index (χ1v) is 14.3. The van der Waals surface area contributed by atoms with Crippen molar-refractivity contribution in [1.82, 2.24) is 0 Å². The molecule has 0 heterocycles. The molecule has 0 aliphatic heterocycles. The molecule has 3 aliphatic carbocycles. The zero-order chi connectivity index (χ0) is 25.8. The molecule has 2 fully saturated rings. The molecule has 0 bridgehead atoms. The molecule has 2 aromatic rings. The summed E-state index contributed by atoms with van der Waals surface area (Å²) in [6.45, 7) is 3.86. The summed E-state index contributed by atoms with van der Waals surface area (Å²) in [6, 6.07) is 9.97. The van der Waals surface area contributed by atoms with Crippen molar-refractivity contribution in [1.29, 1.82) is 0 Å². The van der Waals surface area contributed by atoms with Crippen LogP contribution in [-0.2, 0) is 0 Å². The third-order valence-electron chi connectivity index (χ3n) is 9.36. The molecule has 0 radical (unpaired) electrons. The lowest BCUT2D eigenvalue weighted by atomic mass is 9.68. The highest BCUT2D eigenvalue weighted by atomic mass is 19.2. The van der Waals surface area contributed by atoms with Gasteiger partial charge in [-0.25, -0.2) is 13.2 Å². The van der Waals surface area contributed by atoms with E-state index in [9.17, 15) is 8.78 Å². The van der Waals surface area contributed by atoms with Crippen molar-refractivity contribution in [2.75, 3.05) is 0 Å². The molecule has 0 N–H and O–H groups in total. The fourth-order valence-electron chi connectivity index (χ4n) is 7.11. The Balaban J connectivity index is 1.16. The van der Waals surface area contributed by atoms with Crippen molar-refractivity contribution in [2.24, 2.45) is 17.8 Å². The molecular formula is C34H39F3. The number of benzene rings is 2. The van der Waals surface area contributed by atoms with Gasteiger partial charge < -0.3 is 0 Å². The Morgan fingerprint density at radius 1 is 0.811 bits per heavy atom. The van der Waals surface area contributed by atoms with Crippen LogP contribution in [0.2, 0.25) is 0 Å². The van der Waals surface area contributed by atoms with Crippen LogP contribution < -0.4 is 0 Å². The predicted octanol–water partition coefficient (Wildman–Crippen LogP) is 10.3. The molecule has 1 atom stereocenters. The molecule has 0 amide bonds. The highest BCUT2D eigenvalue weighted by Crippen LogP contribution is 2.45. The van der Waals surface area contributed by atoms with Gasteiger partial charge in [-0.3, -0.25) is 0 Å². The van der Waals surface area contributed by atoms with Crippen molar-refractivity contribution in [3.8, 4) is 0 Å². The Bertz CT molecular complexity index is 1140. The van der Waals surface area contributed by atoms with Gasteiger partial charge in [-0.15, -0.1) is 6.58 Å². The standard InChI is InChI=1S/C34H39F3/c1-2-3-5-23-8-10-24(11-9-23)25-12-16-27(17-13-25)30-21-20-29(22-33(30)36)26-14-18-28(19-15-26)31-6-4-7-32(35)34(31)37/h2,4,6-7,14-15,18,20-25,27-28H,1,3,5,8-13,16-17,19H2. The third kappa shape index (κ3) is 5.97. The largest absolute Gasteiger partial charge is 0.207 e. The molecular weight excluding hydrogens is 465 g/mol. The zero-order valence-corrected chi connectivity index (χ0v) is 21.8. The maximum absolute atomic E-state index is 15.3. The molecule has 0 saturated heterocycles. The van der Waals surface area contributed by atoms with Crippen LogP contribution in [0.25, 0.3) is 5.57 Å². The lowest BCUT2D eigenvalue weighted by molar-refractivity contribution is 0.156. The minimum absolute atomic E-state index is 0.115. The summed E-state index contributed by atoms with van der Waals surface area (Å²) >= 11 is 0. The monoisotopic (exact) mass is 504 g/mol. The number of hydrogen-bond acceptors (Lipinski definition) is 0. The van der Waals surface area contributed by atoms with E-state index < -0.39 is 11.6 Å². The lowest BCUT2D eigenvalue weighted by Gasteiger charge is -2.38. The predicted molar refractivity (Wildman–Crippen MR) is 147 cm³/mol. The minimum Gasteiger partial charge on any atom is -0.207 e. The van der Waals surface area contributed by atoms with E-state index in [0.29, 0.717) is 17.9 Å². The molecule has 2 saturated carbocycles. The summed E-state index contributed by atoms with van der Waals surface area (Å²) in [7, 11) is 0. The number of hydrogen-bond donors (Lipinski definition) is 0. The van der Waals surface area contributed by atoms with Gasteiger partial charge in [0.15, 0.2) is 11.6 Å². The summed E-state index contributed by atoms with van der Waals surface area (Å²) in [4.78, 5) is 0. The smallest absolute Gasteiger partial charge is 0.162 e. The summed E-state index contributed by atoms with van der Waals surface area (Å²) in [6.07, 6.45) is 21.0. The molecule has 0 spiro atoms. The van der Waals surface area contributed by atoms with E-state index in [1.807, 2.05) is 30.4 Å². The Labute approximate surface area is 220 Å². The molecule has 196 valence electrons. The van der Waals surface area contributed by atoms with Crippen molar-refractivity contribution in [3.63, 3.8) is 0 Å². The van der Waals surface area contributed by atoms with Crippen LogP contribution >= 0.6 is 0 Å². The summed E-state index contributed by atoms with van der Waals surface area (Å²) in [5, 5.41) is 0. The highest BCUT2D eigenvalue weighted by molar-refractivity contribution is 5.75. The van der Waals surface area contributed by atoms with Crippen molar-refractivity contribution < 1.29 is 13.2 Å². The summed E-state index contributed by atoms with van der Waals surface area (Å²) in [5.74, 6) is 0.952. The average Bonchev–Trinajstić information content (AvgIpc) is 2.94. The first kappa shape index (κ1) is 26.1. The van der Waals surface area contributed by atoms with E-state index in [0.717, 1.165) is 59.8 Å². The molecule has 5 rings (SSSR count). The van der Waals surface area contributed by atoms with Gasteiger partial charge in [0.2, 0.25) is 0 Å². The van der Waals surface area contributed by atoms with Crippen LogP contribution in [-0.4, -0.2) is 0 Å². The van der Waals surface area contributed by atoms with Crippen molar-refractivity contribution in [2.45, 2.75) is 82.5 Å². The van der Waals surface area contributed by atoms with Crippen molar-refractivity contribution >= 4 is 5.57 Å². The van der Waals surface area contributed by atoms with Gasteiger partial charge in [-0.1, -0.05) is 61.4 Å². The van der Waals surface area contributed by atoms with Gasteiger partial charge in [0.05, 0.1) is 0 Å². The van der Waals surface area contributed by atoms with Crippen LogP contribution in [0.15, 0.2) is 67.3 Å². The fourth-order valence-corrected chi connectivity index (χ4v) is 7.11. The summed E-state index contributed by atoms with van der Waals surface area (Å²) in [5.41, 5.74) is 3.00. The van der Waals surface area contributed by atoms with E-state index >= 15 is 4.39 Å². The van der Waals surface area contributed by atoms with Gasteiger partial charge in [0, 0.05) is 5.92 Å². The number of halogens is 3. The molecule has 1 unspecified atom stereocenters. The second kappa shape index (κ2) is 11.9. The Kier molecular flexibility index (Phi) is 8.37. The van der Waals surface area contributed by atoms with Crippen LogP contribution in [0.4, 0.5) is 13.2 Å². The quantitative estimate of drug-likeness (QED) is 0.329. The SMILES string of the molecule is C=CCCC1CCC(C2CCC(c3ccc(C4=CCC(c5cccc(F)c5F)C=C4)cc3F)CC2)CC1. The average molecular weight is 505 g/mol. The van der Waals surface area contributed by atoms with Crippen LogP contribution in [0.5, 0.6) is 0 Å². The van der Waals surface area contributed by atoms with Gasteiger partial charge in [0.25, 0.3) is 0 Å². The Morgan fingerprint density at radius 2 is 1.54 bits per heavy atom. The first-order valence-electron chi connectivity index (χ1n) is 14.3. The molecule has 3 aliphatic rings. The lowest BCUT2D eigenvalue weighted by Crippen LogP contribution is -2.25. The summed E-state index contributed by atoms with van der Waals surface area (Å²) < 4.78 is 43.1. The molecule has 0 aromatic heterocycles. The van der Waals surface area contributed by atoms with Crippen molar-refractivity contribution in [3.05, 3.63) is 101 Å². The molecule has 37 heavy (non-hydrogen) atoms. The maximum atomic E-state index is 15.3. The molecule has 2 aromatic carbocycles. The van der Waals surface area contributed by atoms with E-state index in [1.54, 1.807) is 18.2 Å².